The van der Waals surface area contributed by atoms with Crippen LogP contribution in [-0.2, 0) is 25.9 Å². The summed E-state index contributed by atoms with van der Waals surface area (Å²) in [6.07, 6.45) is 5.73. The Balaban J connectivity index is 1.29. The standard InChI is InChI=1S/C21H26N4O/c1-16-6-8-17(9-7-16)19-11-10-18(26-19)15-22-13-12-21-24-23-20-5-3-2-4-14-25(20)21/h6-11,22H,2-5,12-15H2,1H3. The minimum Gasteiger partial charge on any atom is -0.460 e. The lowest BCUT2D eigenvalue weighted by molar-refractivity contribution is 0.491. The second kappa shape index (κ2) is 7.87. The first kappa shape index (κ1) is 17.0. The highest BCUT2D eigenvalue weighted by Crippen LogP contribution is 2.22. The lowest BCUT2D eigenvalue weighted by atomic mass is 10.1. The van der Waals surface area contributed by atoms with Crippen LogP contribution in [0.3, 0.4) is 0 Å². The second-order valence-corrected chi connectivity index (χ2v) is 7.05. The zero-order valence-electron chi connectivity index (χ0n) is 15.4. The second-order valence-electron chi connectivity index (χ2n) is 7.05. The van der Waals surface area contributed by atoms with Crippen LogP contribution in [-0.4, -0.2) is 21.3 Å². The highest BCUT2D eigenvalue weighted by atomic mass is 16.3. The average Bonchev–Trinajstić information content (AvgIpc) is 3.20. The van der Waals surface area contributed by atoms with Gasteiger partial charge in [-0.2, -0.15) is 0 Å². The molecule has 0 spiro atoms. The summed E-state index contributed by atoms with van der Waals surface area (Å²) in [5, 5.41) is 12.2. The Bertz CT molecular complexity index is 847. The molecule has 4 rings (SSSR count). The van der Waals surface area contributed by atoms with Crippen LogP contribution in [0.5, 0.6) is 0 Å². The highest BCUT2D eigenvalue weighted by Gasteiger charge is 2.14. The van der Waals surface area contributed by atoms with Gasteiger partial charge in [0, 0.05) is 31.5 Å². The molecule has 0 unspecified atom stereocenters. The summed E-state index contributed by atoms with van der Waals surface area (Å²) in [5.41, 5.74) is 2.38. The van der Waals surface area contributed by atoms with Gasteiger partial charge in [0.25, 0.3) is 0 Å². The molecule has 0 bridgehead atoms. The van der Waals surface area contributed by atoms with Crippen molar-refractivity contribution < 1.29 is 4.42 Å². The van der Waals surface area contributed by atoms with Gasteiger partial charge >= 0.3 is 0 Å². The molecule has 5 nitrogen and oxygen atoms in total. The predicted molar refractivity (Wildman–Crippen MR) is 102 cm³/mol. The number of hydrogen-bond donors (Lipinski definition) is 1. The van der Waals surface area contributed by atoms with Crippen molar-refractivity contribution in [1.82, 2.24) is 20.1 Å². The third-order valence-electron chi connectivity index (χ3n) is 5.01. The maximum Gasteiger partial charge on any atom is 0.134 e. The number of rotatable bonds is 6. The molecule has 0 aliphatic carbocycles. The molecule has 2 aromatic heterocycles. The Morgan fingerprint density at radius 2 is 1.92 bits per heavy atom. The van der Waals surface area contributed by atoms with Crippen molar-refractivity contribution in [2.24, 2.45) is 0 Å². The van der Waals surface area contributed by atoms with Crippen molar-refractivity contribution in [2.45, 2.75) is 52.1 Å². The molecule has 3 heterocycles. The molecule has 0 fully saturated rings. The molecule has 3 aromatic rings. The Labute approximate surface area is 154 Å². The van der Waals surface area contributed by atoms with Crippen LogP contribution in [0.1, 0.15) is 42.2 Å². The summed E-state index contributed by atoms with van der Waals surface area (Å²) < 4.78 is 8.27. The van der Waals surface area contributed by atoms with Gasteiger partial charge in [0.05, 0.1) is 6.54 Å². The Hall–Kier alpha value is -2.40. The maximum absolute atomic E-state index is 5.96. The fraction of sp³-hybridized carbons (Fsp3) is 0.429. The van der Waals surface area contributed by atoms with E-state index in [0.717, 1.165) is 61.2 Å². The molecule has 1 aliphatic rings. The molecule has 0 amide bonds. The van der Waals surface area contributed by atoms with Crippen LogP contribution in [0.25, 0.3) is 11.3 Å². The molecule has 5 heteroatoms. The zero-order chi connectivity index (χ0) is 17.8. The van der Waals surface area contributed by atoms with Crippen LogP contribution >= 0.6 is 0 Å². The summed E-state index contributed by atoms with van der Waals surface area (Å²) in [6.45, 7) is 4.76. The SMILES string of the molecule is Cc1ccc(-c2ccc(CNCCc3nnc4n3CCCCC4)o2)cc1. The molecule has 1 aromatic carbocycles. The van der Waals surface area contributed by atoms with E-state index in [1.807, 2.05) is 12.1 Å². The number of benzene rings is 1. The van der Waals surface area contributed by atoms with Gasteiger partial charge in [-0.1, -0.05) is 36.2 Å². The smallest absolute Gasteiger partial charge is 0.134 e. The zero-order valence-corrected chi connectivity index (χ0v) is 15.4. The van der Waals surface area contributed by atoms with Crippen molar-refractivity contribution in [3.05, 3.63) is 59.4 Å². The van der Waals surface area contributed by atoms with E-state index in [0.29, 0.717) is 0 Å². The minimum absolute atomic E-state index is 0.729. The number of hydrogen-bond acceptors (Lipinski definition) is 4. The van der Waals surface area contributed by atoms with Crippen LogP contribution in [0, 0.1) is 6.92 Å². The molecule has 1 N–H and O–H groups in total. The normalized spacial score (nSPS) is 14.2. The molecule has 0 saturated carbocycles. The fourth-order valence-electron chi connectivity index (χ4n) is 3.49. The van der Waals surface area contributed by atoms with Crippen LogP contribution in [0.4, 0.5) is 0 Å². The van der Waals surface area contributed by atoms with Gasteiger partial charge in [-0.25, -0.2) is 0 Å². The lowest BCUT2D eigenvalue weighted by Gasteiger charge is -2.07. The van der Waals surface area contributed by atoms with Crippen molar-refractivity contribution >= 4 is 0 Å². The largest absolute Gasteiger partial charge is 0.460 e. The average molecular weight is 350 g/mol. The third kappa shape index (κ3) is 3.88. The predicted octanol–water partition coefficient (Wildman–Crippen LogP) is 3.91. The summed E-state index contributed by atoms with van der Waals surface area (Å²) in [5.74, 6) is 4.14. The quantitative estimate of drug-likeness (QED) is 0.685. The molecule has 0 saturated heterocycles. The molecule has 1 aliphatic heterocycles. The van der Waals surface area contributed by atoms with E-state index in [1.54, 1.807) is 0 Å². The van der Waals surface area contributed by atoms with Gasteiger partial charge in [-0.05, 0) is 31.9 Å². The van der Waals surface area contributed by atoms with E-state index >= 15 is 0 Å². The number of aryl methyl sites for hydroxylation is 2. The van der Waals surface area contributed by atoms with E-state index in [2.05, 4.69) is 51.3 Å². The summed E-state index contributed by atoms with van der Waals surface area (Å²) in [7, 11) is 0. The summed E-state index contributed by atoms with van der Waals surface area (Å²) in [4.78, 5) is 0. The first-order chi connectivity index (χ1) is 12.8. The fourth-order valence-corrected chi connectivity index (χ4v) is 3.49. The highest BCUT2D eigenvalue weighted by molar-refractivity contribution is 5.57. The number of nitrogens with one attached hydrogen (secondary N) is 1. The lowest BCUT2D eigenvalue weighted by Crippen LogP contribution is -2.18. The van der Waals surface area contributed by atoms with Crippen LogP contribution in [0.15, 0.2) is 40.8 Å². The molecule has 0 atom stereocenters. The van der Waals surface area contributed by atoms with Crippen molar-refractivity contribution in [1.29, 1.82) is 0 Å². The van der Waals surface area contributed by atoms with Gasteiger partial charge in [0.1, 0.15) is 23.2 Å². The molecule has 0 radical (unpaired) electrons. The van der Waals surface area contributed by atoms with Gasteiger partial charge in [0.15, 0.2) is 0 Å². The van der Waals surface area contributed by atoms with Crippen molar-refractivity contribution in [2.75, 3.05) is 6.54 Å². The van der Waals surface area contributed by atoms with E-state index in [4.69, 9.17) is 4.42 Å². The number of nitrogens with zero attached hydrogens (tertiary/aromatic N) is 3. The van der Waals surface area contributed by atoms with E-state index in [1.165, 1.54) is 24.8 Å². The van der Waals surface area contributed by atoms with Gasteiger partial charge in [-0.15, -0.1) is 10.2 Å². The van der Waals surface area contributed by atoms with E-state index < -0.39 is 0 Å². The molecular formula is C21H26N4O. The van der Waals surface area contributed by atoms with Crippen molar-refractivity contribution in [3.8, 4) is 11.3 Å². The first-order valence-corrected chi connectivity index (χ1v) is 9.57. The Morgan fingerprint density at radius 3 is 2.81 bits per heavy atom. The topological polar surface area (TPSA) is 55.9 Å². The third-order valence-corrected chi connectivity index (χ3v) is 5.01. The first-order valence-electron chi connectivity index (χ1n) is 9.57. The van der Waals surface area contributed by atoms with Crippen molar-refractivity contribution in [3.63, 3.8) is 0 Å². The molecule has 136 valence electrons. The summed E-state index contributed by atoms with van der Waals surface area (Å²) >= 11 is 0. The molecular weight excluding hydrogens is 324 g/mol. The number of fused-ring (bicyclic) bond motifs is 1. The molecule has 26 heavy (non-hydrogen) atoms. The maximum atomic E-state index is 5.96. The van der Waals surface area contributed by atoms with Gasteiger partial charge < -0.3 is 14.3 Å². The Kier molecular flexibility index (Phi) is 5.16. The monoisotopic (exact) mass is 350 g/mol. The van der Waals surface area contributed by atoms with Crippen LogP contribution < -0.4 is 5.32 Å². The number of furan rings is 1. The van der Waals surface area contributed by atoms with Crippen LogP contribution in [0.2, 0.25) is 0 Å². The Morgan fingerprint density at radius 1 is 1.04 bits per heavy atom. The van der Waals surface area contributed by atoms with Gasteiger partial charge in [0.2, 0.25) is 0 Å². The minimum atomic E-state index is 0.729. The van der Waals surface area contributed by atoms with Gasteiger partial charge in [-0.3, -0.25) is 0 Å². The van der Waals surface area contributed by atoms with E-state index in [9.17, 15) is 0 Å². The number of aromatic nitrogens is 3. The van der Waals surface area contributed by atoms with E-state index in [-0.39, 0.29) is 0 Å². The summed E-state index contributed by atoms with van der Waals surface area (Å²) in [6, 6.07) is 12.5.